The van der Waals surface area contributed by atoms with Gasteiger partial charge in [-0.1, -0.05) is 48.2 Å². The van der Waals surface area contributed by atoms with Gasteiger partial charge >= 0.3 is 0 Å². The molecule has 1 amide bonds. The summed E-state index contributed by atoms with van der Waals surface area (Å²) in [6, 6.07) is 23.0. The summed E-state index contributed by atoms with van der Waals surface area (Å²) in [6.07, 6.45) is 1.88. The molecule has 0 aliphatic heterocycles. The lowest BCUT2D eigenvalue weighted by Crippen LogP contribution is -2.14. The third kappa shape index (κ3) is 4.50. The van der Waals surface area contributed by atoms with Crippen LogP contribution in [0.4, 0.5) is 5.69 Å². The molecule has 0 unspecified atom stereocenters. The molecule has 28 heavy (non-hydrogen) atoms. The van der Waals surface area contributed by atoms with E-state index in [1.54, 1.807) is 0 Å². The topological polar surface area (TPSA) is 68.5 Å². The van der Waals surface area contributed by atoms with E-state index in [-0.39, 0.29) is 11.7 Å². The monoisotopic (exact) mass is 390 g/mol. The van der Waals surface area contributed by atoms with Crippen LogP contribution in [0.25, 0.3) is 5.65 Å². The molecule has 0 saturated heterocycles. The number of ether oxygens (including phenoxy) is 1. The molecule has 1 N–H and O–H groups in total. The fourth-order valence-electron chi connectivity index (χ4n) is 2.62. The summed E-state index contributed by atoms with van der Waals surface area (Å²) in [6.45, 7) is 0.509. The quantitative estimate of drug-likeness (QED) is 0.483. The summed E-state index contributed by atoms with van der Waals surface area (Å²) in [5.74, 6) is 0.906. The van der Waals surface area contributed by atoms with Gasteiger partial charge in [0.05, 0.1) is 5.75 Å². The van der Waals surface area contributed by atoms with Crippen LogP contribution in [0.15, 0.2) is 84.1 Å². The Morgan fingerprint density at radius 2 is 1.75 bits per heavy atom. The predicted octanol–water partition coefficient (Wildman–Crippen LogP) is 4.04. The number of hydrogen-bond donors (Lipinski definition) is 1. The van der Waals surface area contributed by atoms with E-state index in [2.05, 4.69) is 15.5 Å². The fraction of sp³-hybridized carbons (Fsp3) is 0.0952. The molecule has 2 aromatic carbocycles. The number of pyridine rings is 1. The van der Waals surface area contributed by atoms with Crippen LogP contribution in [-0.2, 0) is 11.4 Å². The number of hydrogen-bond acceptors (Lipinski definition) is 5. The molecule has 0 aliphatic rings. The summed E-state index contributed by atoms with van der Waals surface area (Å²) in [7, 11) is 0. The SMILES string of the molecule is O=C(CSc1nnc2ccccn12)Nc1ccc(OCc2ccccc2)cc1. The maximum atomic E-state index is 12.2. The van der Waals surface area contributed by atoms with Crippen LogP contribution in [0.5, 0.6) is 5.75 Å². The lowest BCUT2D eigenvalue weighted by atomic mass is 10.2. The number of anilines is 1. The van der Waals surface area contributed by atoms with Gasteiger partial charge in [0.1, 0.15) is 12.4 Å². The van der Waals surface area contributed by atoms with E-state index >= 15 is 0 Å². The number of nitrogens with one attached hydrogen (secondary N) is 1. The lowest BCUT2D eigenvalue weighted by molar-refractivity contribution is -0.113. The number of carbonyl (C=O) groups is 1. The number of amides is 1. The Bertz CT molecular complexity index is 1060. The van der Waals surface area contributed by atoms with Crippen molar-refractivity contribution in [2.24, 2.45) is 0 Å². The molecule has 2 aromatic heterocycles. The van der Waals surface area contributed by atoms with Gasteiger partial charge in [0, 0.05) is 11.9 Å². The maximum absolute atomic E-state index is 12.2. The van der Waals surface area contributed by atoms with Crippen molar-refractivity contribution in [1.82, 2.24) is 14.6 Å². The van der Waals surface area contributed by atoms with E-state index in [1.165, 1.54) is 11.8 Å². The average Bonchev–Trinajstić information content (AvgIpc) is 3.16. The third-order valence-electron chi connectivity index (χ3n) is 4.00. The first-order valence-electron chi connectivity index (χ1n) is 8.77. The van der Waals surface area contributed by atoms with Crippen molar-refractivity contribution in [3.05, 3.63) is 84.6 Å². The summed E-state index contributed by atoms with van der Waals surface area (Å²) in [4.78, 5) is 12.2. The molecular weight excluding hydrogens is 372 g/mol. The molecule has 4 aromatic rings. The lowest BCUT2D eigenvalue weighted by Gasteiger charge is -2.08. The number of benzene rings is 2. The van der Waals surface area contributed by atoms with Gasteiger partial charge in [-0.25, -0.2) is 0 Å². The Kier molecular flexibility index (Phi) is 5.53. The minimum absolute atomic E-state index is 0.101. The smallest absolute Gasteiger partial charge is 0.234 e. The third-order valence-corrected chi connectivity index (χ3v) is 4.94. The standard InChI is InChI=1S/C21H18N4O2S/c26-20(15-28-21-24-23-19-8-4-5-13-25(19)21)22-17-9-11-18(12-10-17)27-14-16-6-2-1-3-7-16/h1-13H,14-15H2,(H,22,26). The van der Waals surface area contributed by atoms with Crippen LogP contribution in [-0.4, -0.2) is 26.3 Å². The second kappa shape index (κ2) is 8.58. The van der Waals surface area contributed by atoms with Crippen LogP contribution < -0.4 is 10.1 Å². The van der Waals surface area contributed by atoms with Gasteiger partial charge < -0.3 is 10.1 Å². The van der Waals surface area contributed by atoms with E-state index in [1.807, 2.05) is 83.4 Å². The summed E-state index contributed by atoms with van der Waals surface area (Å²) >= 11 is 1.35. The van der Waals surface area contributed by atoms with E-state index in [0.29, 0.717) is 11.8 Å². The molecule has 4 rings (SSSR count). The highest BCUT2D eigenvalue weighted by molar-refractivity contribution is 7.99. The molecule has 6 nitrogen and oxygen atoms in total. The Morgan fingerprint density at radius 3 is 2.57 bits per heavy atom. The highest BCUT2D eigenvalue weighted by Crippen LogP contribution is 2.19. The number of thioether (sulfide) groups is 1. The molecule has 140 valence electrons. The minimum atomic E-state index is -0.101. The number of fused-ring (bicyclic) bond motifs is 1. The van der Waals surface area contributed by atoms with E-state index in [0.717, 1.165) is 22.6 Å². The number of carbonyl (C=O) groups excluding carboxylic acids is 1. The molecule has 0 radical (unpaired) electrons. The first-order valence-corrected chi connectivity index (χ1v) is 9.76. The van der Waals surface area contributed by atoms with Crippen LogP contribution in [0.2, 0.25) is 0 Å². The van der Waals surface area contributed by atoms with Crippen LogP contribution in [0, 0.1) is 0 Å². The minimum Gasteiger partial charge on any atom is -0.489 e. The van der Waals surface area contributed by atoms with Crippen molar-refractivity contribution in [1.29, 1.82) is 0 Å². The number of aromatic nitrogens is 3. The van der Waals surface area contributed by atoms with Crippen molar-refractivity contribution >= 4 is 29.0 Å². The fourth-order valence-corrected chi connectivity index (χ4v) is 3.34. The van der Waals surface area contributed by atoms with E-state index in [4.69, 9.17) is 4.74 Å². The van der Waals surface area contributed by atoms with E-state index < -0.39 is 0 Å². The van der Waals surface area contributed by atoms with Crippen molar-refractivity contribution < 1.29 is 9.53 Å². The summed E-state index contributed by atoms with van der Waals surface area (Å²) < 4.78 is 7.61. The van der Waals surface area contributed by atoms with Gasteiger partial charge in [-0.15, -0.1) is 10.2 Å². The highest BCUT2D eigenvalue weighted by atomic mass is 32.2. The molecule has 0 fully saturated rings. The van der Waals surface area contributed by atoms with Crippen molar-refractivity contribution in [2.75, 3.05) is 11.1 Å². The molecule has 0 bridgehead atoms. The van der Waals surface area contributed by atoms with Gasteiger partial charge in [0.2, 0.25) is 5.91 Å². The molecule has 0 aliphatic carbocycles. The predicted molar refractivity (Wildman–Crippen MR) is 110 cm³/mol. The highest BCUT2D eigenvalue weighted by Gasteiger charge is 2.09. The Labute approximate surface area is 166 Å². The van der Waals surface area contributed by atoms with Crippen molar-refractivity contribution in [3.8, 4) is 5.75 Å². The van der Waals surface area contributed by atoms with Gasteiger partial charge in [-0.3, -0.25) is 9.20 Å². The van der Waals surface area contributed by atoms with Crippen LogP contribution in [0.3, 0.4) is 0 Å². The number of nitrogens with zero attached hydrogens (tertiary/aromatic N) is 3. The zero-order chi connectivity index (χ0) is 19.2. The van der Waals surface area contributed by atoms with Crippen LogP contribution in [0.1, 0.15) is 5.56 Å². The second-order valence-electron chi connectivity index (χ2n) is 6.05. The largest absolute Gasteiger partial charge is 0.489 e. The zero-order valence-electron chi connectivity index (χ0n) is 15.0. The zero-order valence-corrected chi connectivity index (χ0v) is 15.8. The molecule has 0 atom stereocenters. The second-order valence-corrected chi connectivity index (χ2v) is 6.99. The van der Waals surface area contributed by atoms with Crippen LogP contribution >= 0.6 is 11.8 Å². The number of rotatable bonds is 7. The molecule has 0 spiro atoms. The first kappa shape index (κ1) is 18.1. The normalized spacial score (nSPS) is 10.7. The van der Waals surface area contributed by atoms with Crippen molar-refractivity contribution in [2.45, 2.75) is 11.8 Å². The molecule has 7 heteroatoms. The van der Waals surface area contributed by atoms with E-state index in [9.17, 15) is 4.79 Å². The summed E-state index contributed by atoms with van der Waals surface area (Å²) in [5, 5.41) is 11.8. The molecular formula is C21H18N4O2S. The molecule has 0 saturated carbocycles. The van der Waals surface area contributed by atoms with Gasteiger partial charge in [-0.05, 0) is 42.0 Å². The van der Waals surface area contributed by atoms with Gasteiger partial charge in [-0.2, -0.15) is 0 Å². The molecule has 2 heterocycles. The summed E-state index contributed by atoms with van der Waals surface area (Å²) in [5.41, 5.74) is 2.60. The van der Waals surface area contributed by atoms with Gasteiger partial charge in [0.15, 0.2) is 10.8 Å². The van der Waals surface area contributed by atoms with Crippen molar-refractivity contribution in [3.63, 3.8) is 0 Å². The maximum Gasteiger partial charge on any atom is 0.234 e. The van der Waals surface area contributed by atoms with Gasteiger partial charge in [0.25, 0.3) is 0 Å². The Balaban J connectivity index is 1.28. The Hall–Kier alpha value is -3.32. The first-order chi connectivity index (χ1) is 13.8. The Morgan fingerprint density at radius 1 is 0.964 bits per heavy atom. The average molecular weight is 390 g/mol.